The van der Waals surface area contributed by atoms with Crippen LogP contribution in [-0.4, -0.2) is 51.9 Å². The minimum atomic E-state index is -0.653. The van der Waals surface area contributed by atoms with Gasteiger partial charge in [0.05, 0.1) is 7.11 Å². The molecule has 1 atom stereocenters. The minimum absolute atomic E-state index is 0.274. The van der Waals surface area contributed by atoms with Crippen LogP contribution in [0.15, 0.2) is 24.3 Å². The highest BCUT2D eigenvalue weighted by atomic mass is 16.7. The van der Waals surface area contributed by atoms with Crippen LogP contribution in [-0.2, 0) is 30.2 Å². The molecule has 136 valence electrons. The fraction of sp³-hybridized carbons (Fsp3) is 0.611. The summed E-state index contributed by atoms with van der Waals surface area (Å²) in [6.45, 7) is 7.45. The van der Waals surface area contributed by atoms with Crippen molar-refractivity contribution in [2.45, 2.75) is 39.6 Å². The second kappa shape index (κ2) is 11.8. The molecule has 0 aliphatic heterocycles. The summed E-state index contributed by atoms with van der Waals surface area (Å²) in [6, 6.07) is 7.53. The lowest BCUT2D eigenvalue weighted by atomic mass is 10.1. The maximum atomic E-state index is 11.8. The van der Waals surface area contributed by atoms with Crippen LogP contribution in [0.5, 0.6) is 5.75 Å². The van der Waals surface area contributed by atoms with Gasteiger partial charge in [-0.2, -0.15) is 0 Å². The van der Waals surface area contributed by atoms with Gasteiger partial charge in [0, 0.05) is 26.2 Å². The predicted molar refractivity (Wildman–Crippen MR) is 90.1 cm³/mol. The van der Waals surface area contributed by atoms with Crippen molar-refractivity contribution in [1.29, 1.82) is 0 Å². The van der Waals surface area contributed by atoms with Gasteiger partial charge in [0.1, 0.15) is 12.4 Å². The molecule has 0 radical (unpaired) electrons. The standard InChI is InChI=1S/C18H28O6/c1-5-21-16(18(19)20-4)12-14-10-8-9-11-15(14)24-13-17(22-6-2)23-7-3/h8-11,16-17H,5-7,12-13H2,1-4H3/t16-/m0/s1. The Labute approximate surface area is 144 Å². The number of methoxy groups -OCH3 is 1. The second-order valence-corrected chi connectivity index (χ2v) is 4.93. The second-order valence-electron chi connectivity index (χ2n) is 4.93. The van der Waals surface area contributed by atoms with Crippen LogP contribution in [0.25, 0.3) is 0 Å². The van der Waals surface area contributed by atoms with Crippen LogP contribution in [0.4, 0.5) is 0 Å². The third kappa shape index (κ3) is 6.86. The van der Waals surface area contributed by atoms with Crippen LogP contribution in [0, 0.1) is 0 Å². The topological polar surface area (TPSA) is 63.2 Å². The molecule has 6 nitrogen and oxygen atoms in total. The Kier molecular flexibility index (Phi) is 10.1. The Bertz CT molecular complexity index is 470. The molecule has 1 rings (SSSR count). The molecule has 24 heavy (non-hydrogen) atoms. The number of esters is 1. The van der Waals surface area contributed by atoms with Crippen LogP contribution in [0.3, 0.4) is 0 Å². The van der Waals surface area contributed by atoms with Gasteiger partial charge in [-0.1, -0.05) is 18.2 Å². The SMILES string of the molecule is CCOC(COc1ccccc1C[C@H](OCC)C(=O)OC)OCC. The third-order valence-electron chi connectivity index (χ3n) is 3.29. The van der Waals surface area contributed by atoms with Crippen molar-refractivity contribution in [2.75, 3.05) is 33.5 Å². The zero-order valence-electron chi connectivity index (χ0n) is 14.9. The van der Waals surface area contributed by atoms with Crippen LogP contribution < -0.4 is 4.74 Å². The van der Waals surface area contributed by atoms with E-state index < -0.39 is 18.4 Å². The number of benzene rings is 1. The molecular formula is C18H28O6. The molecular weight excluding hydrogens is 312 g/mol. The molecule has 1 aromatic rings. The largest absolute Gasteiger partial charge is 0.488 e. The zero-order chi connectivity index (χ0) is 17.8. The van der Waals surface area contributed by atoms with Gasteiger partial charge in [-0.25, -0.2) is 4.79 Å². The van der Waals surface area contributed by atoms with Crippen LogP contribution in [0.1, 0.15) is 26.3 Å². The van der Waals surface area contributed by atoms with E-state index in [1.807, 2.05) is 45.0 Å². The van der Waals surface area contributed by atoms with Crippen LogP contribution >= 0.6 is 0 Å². The molecule has 0 aliphatic carbocycles. The molecule has 0 aliphatic rings. The minimum Gasteiger partial charge on any atom is -0.488 e. The molecule has 0 unspecified atom stereocenters. The van der Waals surface area contributed by atoms with Crippen molar-refractivity contribution in [3.8, 4) is 5.75 Å². The number of hydrogen-bond acceptors (Lipinski definition) is 6. The number of para-hydroxylation sites is 1. The smallest absolute Gasteiger partial charge is 0.335 e. The average Bonchev–Trinajstić information content (AvgIpc) is 2.60. The summed E-state index contributed by atoms with van der Waals surface area (Å²) in [4.78, 5) is 11.8. The van der Waals surface area contributed by atoms with Crippen molar-refractivity contribution in [3.63, 3.8) is 0 Å². The summed E-state index contributed by atoms with van der Waals surface area (Å²) < 4.78 is 27.1. The van der Waals surface area contributed by atoms with E-state index in [0.717, 1.165) is 5.56 Å². The van der Waals surface area contributed by atoms with Gasteiger partial charge in [-0.15, -0.1) is 0 Å². The number of hydrogen-bond donors (Lipinski definition) is 0. The predicted octanol–water partition coefficient (Wildman–Crippen LogP) is 2.59. The van der Waals surface area contributed by atoms with Crippen LogP contribution in [0.2, 0.25) is 0 Å². The molecule has 6 heteroatoms. The van der Waals surface area contributed by atoms with Gasteiger partial charge in [0.2, 0.25) is 0 Å². The van der Waals surface area contributed by atoms with E-state index in [1.54, 1.807) is 0 Å². The van der Waals surface area contributed by atoms with Gasteiger partial charge < -0.3 is 23.7 Å². The highest BCUT2D eigenvalue weighted by Crippen LogP contribution is 2.21. The van der Waals surface area contributed by atoms with E-state index in [-0.39, 0.29) is 6.61 Å². The highest BCUT2D eigenvalue weighted by Gasteiger charge is 2.22. The first-order valence-electron chi connectivity index (χ1n) is 8.29. The highest BCUT2D eigenvalue weighted by molar-refractivity contribution is 5.75. The summed E-state index contributed by atoms with van der Waals surface area (Å²) in [5.74, 6) is 0.281. The number of carbonyl (C=O) groups is 1. The molecule has 0 saturated carbocycles. The molecule has 0 heterocycles. The molecule has 0 spiro atoms. The summed E-state index contributed by atoms with van der Waals surface area (Å²) in [7, 11) is 1.35. The lowest BCUT2D eigenvalue weighted by molar-refractivity contribution is -0.154. The molecule has 1 aromatic carbocycles. The maximum absolute atomic E-state index is 11.8. The lowest BCUT2D eigenvalue weighted by Crippen LogP contribution is -2.29. The Morgan fingerprint density at radius 3 is 2.21 bits per heavy atom. The number of carbonyl (C=O) groups excluding carboxylic acids is 1. The van der Waals surface area contributed by atoms with Crippen molar-refractivity contribution >= 4 is 5.97 Å². The fourth-order valence-electron chi connectivity index (χ4n) is 2.23. The Hall–Kier alpha value is -1.63. The van der Waals surface area contributed by atoms with E-state index in [9.17, 15) is 4.79 Å². The summed E-state index contributed by atoms with van der Waals surface area (Å²) >= 11 is 0. The van der Waals surface area contributed by atoms with Gasteiger partial charge in [0.15, 0.2) is 12.4 Å². The first-order valence-corrected chi connectivity index (χ1v) is 8.29. The quantitative estimate of drug-likeness (QED) is 0.430. The molecule has 0 saturated heterocycles. The molecule has 0 bridgehead atoms. The molecule has 0 fully saturated rings. The zero-order valence-corrected chi connectivity index (χ0v) is 14.9. The van der Waals surface area contributed by atoms with E-state index in [0.29, 0.717) is 32.0 Å². The third-order valence-corrected chi connectivity index (χ3v) is 3.29. The lowest BCUT2D eigenvalue weighted by Gasteiger charge is -2.20. The van der Waals surface area contributed by atoms with Gasteiger partial charge in [0.25, 0.3) is 0 Å². The monoisotopic (exact) mass is 340 g/mol. The Balaban J connectivity index is 2.77. The van der Waals surface area contributed by atoms with Gasteiger partial charge >= 0.3 is 5.97 Å². The van der Waals surface area contributed by atoms with Crippen molar-refractivity contribution < 1.29 is 28.5 Å². The molecule has 0 N–H and O–H groups in total. The van der Waals surface area contributed by atoms with Gasteiger partial charge in [-0.05, 0) is 32.4 Å². The van der Waals surface area contributed by atoms with Crippen molar-refractivity contribution in [3.05, 3.63) is 29.8 Å². The van der Waals surface area contributed by atoms with Gasteiger partial charge in [-0.3, -0.25) is 0 Å². The molecule has 0 amide bonds. The van der Waals surface area contributed by atoms with E-state index in [1.165, 1.54) is 7.11 Å². The van der Waals surface area contributed by atoms with Crippen molar-refractivity contribution in [2.24, 2.45) is 0 Å². The first-order chi connectivity index (χ1) is 11.7. The molecule has 0 aromatic heterocycles. The fourth-order valence-corrected chi connectivity index (χ4v) is 2.23. The average molecular weight is 340 g/mol. The maximum Gasteiger partial charge on any atom is 0.335 e. The van der Waals surface area contributed by atoms with E-state index in [4.69, 9.17) is 23.7 Å². The number of ether oxygens (including phenoxy) is 5. The normalized spacial score (nSPS) is 12.2. The summed E-state index contributed by atoms with van der Waals surface area (Å²) in [5.41, 5.74) is 0.869. The summed E-state index contributed by atoms with van der Waals surface area (Å²) in [6.07, 6.45) is -0.694. The van der Waals surface area contributed by atoms with Crippen molar-refractivity contribution in [1.82, 2.24) is 0 Å². The Morgan fingerprint density at radius 2 is 1.62 bits per heavy atom. The van der Waals surface area contributed by atoms with E-state index >= 15 is 0 Å². The Morgan fingerprint density at radius 1 is 1.00 bits per heavy atom. The first kappa shape index (κ1) is 20.4. The number of rotatable bonds is 12. The van der Waals surface area contributed by atoms with E-state index in [2.05, 4.69) is 0 Å². The summed E-state index contributed by atoms with van der Waals surface area (Å²) in [5, 5.41) is 0.